The standard InChI is InChI=1S/C24H34O8/c1-24-7-6-12-13(15(24)4-5-19(24)27)3-2-11-8-17(16(26)9-14(11)12)31-23-22(30)21(29)20(28)18(10-25)32-23/h8-9,12-13,15,18-23,25-30H,2-7,10H2,1H3/t12-,13+,15-,18+,19-,20+,21-,22+,23?,24-/m0/s1. The number of aliphatic hydroxyl groups excluding tert-OH is 5. The van der Waals surface area contributed by atoms with Crippen molar-refractivity contribution in [3.05, 3.63) is 23.3 Å². The molecule has 0 aromatic heterocycles. The number of aliphatic hydroxyl groups is 5. The van der Waals surface area contributed by atoms with Crippen LogP contribution < -0.4 is 4.74 Å². The largest absolute Gasteiger partial charge is 0.504 e. The van der Waals surface area contributed by atoms with E-state index in [1.807, 2.05) is 0 Å². The van der Waals surface area contributed by atoms with Crippen LogP contribution in [0.1, 0.15) is 56.1 Å². The third-order valence-electron chi connectivity index (χ3n) is 8.85. The summed E-state index contributed by atoms with van der Waals surface area (Å²) in [5.74, 6) is 1.41. The number of aryl methyl sites for hydroxylation is 1. The molecule has 1 saturated heterocycles. The minimum absolute atomic E-state index is 0.00707. The lowest BCUT2D eigenvalue weighted by atomic mass is 9.55. The Labute approximate surface area is 187 Å². The minimum atomic E-state index is -1.54. The van der Waals surface area contributed by atoms with E-state index in [0.29, 0.717) is 17.8 Å². The molecule has 5 rings (SSSR count). The Morgan fingerprint density at radius 1 is 1.03 bits per heavy atom. The number of benzene rings is 1. The summed E-state index contributed by atoms with van der Waals surface area (Å²) in [6, 6.07) is 3.53. The first-order chi connectivity index (χ1) is 15.2. The Morgan fingerprint density at radius 3 is 2.56 bits per heavy atom. The first-order valence-electron chi connectivity index (χ1n) is 11.8. The van der Waals surface area contributed by atoms with Crippen molar-refractivity contribution in [2.75, 3.05) is 6.61 Å². The lowest BCUT2D eigenvalue weighted by molar-refractivity contribution is -0.277. The van der Waals surface area contributed by atoms with E-state index in [2.05, 4.69) is 6.92 Å². The predicted octanol–water partition coefficient (Wildman–Crippen LogP) is 0.788. The summed E-state index contributed by atoms with van der Waals surface area (Å²) in [7, 11) is 0. The molecule has 0 spiro atoms. The fourth-order valence-electron chi connectivity index (χ4n) is 6.94. The molecule has 3 fully saturated rings. The molecule has 6 N–H and O–H groups in total. The van der Waals surface area contributed by atoms with Crippen molar-refractivity contribution in [2.24, 2.45) is 17.3 Å². The monoisotopic (exact) mass is 450 g/mol. The molecule has 1 heterocycles. The van der Waals surface area contributed by atoms with Crippen LogP contribution in [0.4, 0.5) is 0 Å². The Kier molecular flexibility index (Phi) is 5.67. The molecule has 0 radical (unpaired) electrons. The van der Waals surface area contributed by atoms with Gasteiger partial charge in [0, 0.05) is 0 Å². The van der Waals surface area contributed by atoms with Crippen molar-refractivity contribution in [1.29, 1.82) is 0 Å². The van der Waals surface area contributed by atoms with Gasteiger partial charge in [-0.25, -0.2) is 0 Å². The highest BCUT2D eigenvalue weighted by Gasteiger charge is 2.54. The molecule has 3 aliphatic carbocycles. The average molecular weight is 451 g/mol. The zero-order valence-electron chi connectivity index (χ0n) is 18.3. The highest BCUT2D eigenvalue weighted by Crippen LogP contribution is 2.61. The molecule has 8 heteroatoms. The molecule has 10 atom stereocenters. The molecule has 8 nitrogen and oxygen atoms in total. The van der Waals surface area contributed by atoms with Gasteiger partial charge >= 0.3 is 0 Å². The highest BCUT2D eigenvalue weighted by atomic mass is 16.7. The lowest BCUT2D eigenvalue weighted by Gasteiger charge is -2.50. The first-order valence-corrected chi connectivity index (χ1v) is 11.8. The number of hydrogen-bond acceptors (Lipinski definition) is 8. The molecule has 1 aromatic rings. The van der Waals surface area contributed by atoms with Crippen LogP contribution in [0.15, 0.2) is 12.1 Å². The smallest absolute Gasteiger partial charge is 0.229 e. The number of rotatable bonds is 3. The molecule has 0 amide bonds. The van der Waals surface area contributed by atoms with Gasteiger partial charge in [0.25, 0.3) is 0 Å². The second-order valence-corrected chi connectivity index (χ2v) is 10.4. The normalized spacial score (nSPS) is 45.6. The number of phenolic OH excluding ortho intramolecular Hbond substituents is 1. The van der Waals surface area contributed by atoms with Crippen LogP contribution >= 0.6 is 0 Å². The Bertz CT molecular complexity index is 859. The molecule has 1 aliphatic heterocycles. The van der Waals surface area contributed by atoms with E-state index < -0.39 is 37.3 Å². The molecule has 4 aliphatic rings. The fraction of sp³-hybridized carbons (Fsp3) is 0.750. The van der Waals surface area contributed by atoms with E-state index in [1.54, 1.807) is 12.1 Å². The van der Waals surface area contributed by atoms with Crippen LogP contribution in [0, 0.1) is 17.3 Å². The van der Waals surface area contributed by atoms with Gasteiger partial charge in [0.2, 0.25) is 6.29 Å². The SMILES string of the molecule is C[C@]12CC[C@@H]3c4cc(O)c(OC5O[C@H](CO)[C@@H](O)[C@H](O)[C@H]5O)cc4CC[C@H]3[C@@H]1CC[C@@H]2O. The van der Waals surface area contributed by atoms with Crippen molar-refractivity contribution in [3.8, 4) is 11.5 Å². The predicted molar refractivity (Wildman–Crippen MR) is 113 cm³/mol. The van der Waals surface area contributed by atoms with Crippen molar-refractivity contribution in [1.82, 2.24) is 0 Å². The Morgan fingerprint density at radius 2 is 1.81 bits per heavy atom. The van der Waals surface area contributed by atoms with E-state index in [0.717, 1.165) is 49.7 Å². The fourth-order valence-corrected chi connectivity index (χ4v) is 6.94. The van der Waals surface area contributed by atoms with Crippen LogP contribution in [0.25, 0.3) is 0 Å². The van der Waals surface area contributed by atoms with Gasteiger partial charge in [-0.3, -0.25) is 0 Å². The van der Waals surface area contributed by atoms with Gasteiger partial charge in [0.15, 0.2) is 11.5 Å². The van der Waals surface area contributed by atoms with Crippen LogP contribution in [-0.4, -0.2) is 74.1 Å². The number of ether oxygens (including phenoxy) is 2. The van der Waals surface area contributed by atoms with Gasteiger partial charge in [0.1, 0.15) is 24.4 Å². The number of phenols is 1. The molecule has 1 aromatic carbocycles. The molecule has 32 heavy (non-hydrogen) atoms. The topological polar surface area (TPSA) is 140 Å². The van der Waals surface area contributed by atoms with E-state index in [4.69, 9.17) is 9.47 Å². The summed E-state index contributed by atoms with van der Waals surface area (Å²) in [5, 5.41) is 60.9. The van der Waals surface area contributed by atoms with Gasteiger partial charge in [-0.05, 0) is 85.0 Å². The first kappa shape index (κ1) is 22.4. The number of hydrogen-bond donors (Lipinski definition) is 6. The van der Waals surface area contributed by atoms with Crippen molar-refractivity contribution >= 4 is 0 Å². The zero-order valence-corrected chi connectivity index (χ0v) is 18.3. The summed E-state index contributed by atoms with van der Waals surface area (Å²) < 4.78 is 11.1. The van der Waals surface area contributed by atoms with Crippen LogP contribution in [0.3, 0.4) is 0 Å². The quantitative estimate of drug-likeness (QED) is 0.397. The van der Waals surface area contributed by atoms with Crippen LogP contribution in [-0.2, 0) is 11.2 Å². The van der Waals surface area contributed by atoms with Crippen LogP contribution in [0.2, 0.25) is 0 Å². The minimum Gasteiger partial charge on any atom is -0.504 e. The van der Waals surface area contributed by atoms with Gasteiger partial charge in [-0.2, -0.15) is 0 Å². The maximum atomic E-state index is 10.7. The summed E-state index contributed by atoms with van der Waals surface area (Å²) >= 11 is 0. The third-order valence-corrected chi connectivity index (χ3v) is 8.85. The maximum absolute atomic E-state index is 10.7. The van der Waals surface area contributed by atoms with E-state index in [1.165, 1.54) is 0 Å². The van der Waals surface area contributed by atoms with Crippen LogP contribution in [0.5, 0.6) is 11.5 Å². The second kappa shape index (κ2) is 8.11. The lowest BCUT2D eigenvalue weighted by Crippen LogP contribution is -2.60. The Hall–Kier alpha value is -1.42. The second-order valence-electron chi connectivity index (χ2n) is 10.4. The highest BCUT2D eigenvalue weighted by molar-refractivity contribution is 5.49. The van der Waals surface area contributed by atoms with Gasteiger partial charge in [-0.15, -0.1) is 0 Å². The van der Waals surface area contributed by atoms with Crippen molar-refractivity contribution in [3.63, 3.8) is 0 Å². The number of aromatic hydroxyl groups is 1. The van der Waals surface area contributed by atoms with E-state index >= 15 is 0 Å². The summed E-state index contributed by atoms with van der Waals surface area (Å²) in [4.78, 5) is 0. The third kappa shape index (κ3) is 3.35. The summed E-state index contributed by atoms with van der Waals surface area (Å²) in [5.41, 5.74) is 2.21. The van der Waals surface area contributed by atoms with Crippen molar-refractivity contribution < 1.29 is 40.1 Å². The molecule has 0 bridgehead atoms. The van der Waals surface area contributed by atoms with Gasteiger partial charge in [-0.1, -0.05) is 6.92 Å². The molecular weight excluding hydrogens is 416 g/mol. The van der Waals surface area contributed by atoms with E-state index in [-0.39, 0.29) is 23.0 Å². The zero-order chi connectivity index (χ0) is 22.8. The molecule has 1 unspecified atom stereocenters. The van der Waals surface area contributed by atoms with Gasteiger partial charge in [0.05, 0.1) is 12.7 Å². The molecular formula is C24H34O8. The maximum Gasteiger partial charge on any atom is 0.229 e. The Balaban J connectivity index is 1.38. The number of fused-ring (bicyclic) bond motifs is 5. The summed E-state index contributed by atoms with van der Waals surface area (Å²) in [6.07, 6.45) is -1.42. The average Bonchev–Trinajstić information content (AvgIpc) is 3.09. The molecule has 2 saturated carbocycles. The summed E-state index contributed by atoms with van der Waals surface area (Å²) in [6.45, 7) is 1.69. The van der Waals surface area contributed by atoms with Gasteiger partial charge < -0.3 is 40.1 Å². The van der Waals surface area contributed by atoms with E-state index in [9.17, 15) is 30.6 Å². The molecule has 178 valence electrons. The van der Waals surface area contributed by atoms with Crippen molar-refractivity contribution in [2.45, 2.75) is 88.2 Å².